The molecule has 0 aromatic carbocycles. The molecule has 192 valence electrons. The molecule has 0 bridgehead atoms. The van der Waals surface area contributed by atoms with E-state index in [1.165, 1.54) is 22.7 Å². The Morgan fingerprint density at radius 2 is 2.00 bits per heavy atom. The maximum absolute atomic E-state index is 10.7. The standard InChI is InChI=1S/C17H22N4OS.C6H9NO2.C3H8/c1-6-14(16-11(3)19-17(23-16)12(4)22)20-13(5)21-15-8-7-10(2)9-18-15;8-5-7-4-2-1-3-6(7)9;1-3-2/h6-9,12,22H,1-5H3,(H,18,20,21);5H,1-4H2;3H2,1-2H3/b14-6-;;. The molecule has 9 heteroatoms. The molecule has 0 radical (unpaired) electrons. The maximum Gasteiger partial charge on any atom is 0.228 e. The summed E-state index contributed by atoms with van der Waals surface area (Å²) in [5.41, 5.74) is 2.93. The van der Waals surface area contributed by atoms with E-state index in [2.05, 4.69) is 34.1 Å². The zero-order valence-corrected chi connectivity index (χ0v) is 22.8. The Morgan fingerprint density at radius 3 is 2.46 bits per heavy atom. The van der Waals surface area contributed by atoms with Gasteiger partial charge in [-0.15, -0.1) is 11.3 Å². The smallest absolute Gasteiger partial charge is 0.228 e. The molecule has 0 spiro atoms. The molecule has 8 nitrogen and oxygen atoms in total. The Kier molecular flexibility index (Phi) is 13.7. The molecule has 2 aromatic heterocycles. The van der Waals surface area contributed by atoms with Gasteiger partial charge in [-0.2, -0.15) is 0 Å². The zero-order chi connectivity index (χ0) is 26.4. The van der Waals surface area contributed by atoms with E-state index in [4.69, 9.17) is 0 Å². The van der Waals surface area contributed by atoms with E-state index in [-0.39, 0.29) is 5.91 Å². The van der Waals surface area contributed by atoms with Crippen molar-refractivity contribution in [1.82, 2.24) is 20.2 Å². The largest absolute Gasteiger partial charge is 0.386 e. The summed E-state index contributed by atoms with van der Waals surface area (Å²) in [6, 6.07) is 3.87. The van der Waals surface area contributed by atoms with Gasteiger partial charge in [-0.3, -0.25) is 14.5 Å². The number of carbonyl (C=O) groups excluding carboxylic acids is 2. The Labute approximate surface area is 213 Å². The van der Waals surface area contributed by atoms with Crippen LogP contribution >= 0.6 is 11.3 Å². The number of rotatable bonds is 5. The average Bonchev–Trinajstić information content (AvgIpc) is 3.22. The lowest BCUT2D eigenvalue weighted by Crippen LogP contribution is -2.33. The van der Waals surface area contributed by atoms with Gasteiger partial charge in [0, 0.05) is 19.2 Å². The van der Waals surface area contributed by atoms with Crippen molar-refractivity contribution in [3.8, 4) is 0 Å². The van der Waals surface area contributed by atoms with Crippen molar-refractivity contribution in [1.29, 1.82) is 0 Å². The van der Waals surface area contributed by atoms with Crippen LogP contribution < -0.4 is 5.32 Å². The summed E-state index contributed by atoms with van der Waals surface area (Å²) >= 11 is 1.49. The van der Waals surface area contributed by atoms with Gasteiger partial charge in [0.25, 0.3) is 0 Å². The van der Waals surface area contributed by atoms with Crippen LogP contribution in [-0.2, 0) is 9.59 Å². The number of amidine groups is 1. The highest BCUT2D eigenvalue weighted by Crippen LogP contribution is 2.28. The van der Waals surface area contributed by atoms with Gasteiger partial charge in [-0.1, -0.05) is 32.4 Å². The van der Waals surface area contributed by atoms with Crippen molar-refractivity contribution >= 4 is 41.0 Å². The van der Waals surface area contributed by atoms with Crippen LogP contribution in [0.2, 0.25) is 0 Å². The number of thiazole rings is 1. The number of imide groups is 1. The van der Waals surface area contributed by atoms with E-state index in [1.54, 1.807) is 13.1 Å². The van der Waals surface area contributed by atoms with Crippen molar-refractivity contribution in [2.24, 2.45) is 4.99 Å². The third-order valence-electron chi connectivity index (χ3n) is 4.68. The number of hydrogen-bond acceptors (Lipinski definition) is 7. The highest BCUT2D eigenvalue weighted by Gasteiger charge is 2.16. The van der Waals surface area contributed by atoms with Crippen molar-refractivity contribution in [3.63, 3.8) is 0 Å². The summed E-state index contributed by atoms with van der Waals surface area (Å²) in [5, 5.41) is 13.7. The van der Waals surface area contributed by atoms with Crippen molar-refractivity contribution in [3.05, 3.63) is 45.5 Å². The summed E-state index contributed by atoms with van der Waals surface area (Å²) in [5.74, 6) is 1.39. The first-order valence-corrected chi connectivity index (χ1v) is 12.8. The number of nitrogens with one attached hydrogen (secondary N) is 1. The summed E-state index contributed by atoms with van der Waals surface area (Å²) < 4.78 is 0. The van der Waals surface area contributed by atoms with E-state index in [1.807, 2.05) is 45.9 Å². The van der Waals surface area contributed by atoms with Crippen LogP contribution in [0.1, 0.15) is 87.5 Å². The highest BCUT2D eigenvalue weighted by molar-refractivity contribution is 7.13. The minimum atomic E-state index is -0.558. The minimum absolute atomic E-state index is 0.0312. The molecule has 1 aliphatic rings. The Morgan fingerprint density at radius 1 is 1.31 bits per heavy atom. The van der Waals surface area contributed by atoms with Crippen LogP contribution in [0.3, 0.4) is 0 Å². The highest BCUT2D eigenvalue weighted by atomic mass is 32.1. The Hall–Kier alpha value is -2.91. The lowest BCUT2D eigenvalue weighted by molar-refractivity contribution is -0.139. The number of aryl methyl sites for hydroxylation is 2. The predicted octanol–water partition coefficient (Wildman–Crippen LogP) is 5.48. The first kappa shape index (κ1) is 30.1. The third kappa shape index (κ3) is 10.5. The fourth-order valence-electron chi connectivity index (χ4n) is 2.96. The van der Waals surface area contributed by atoms with Crippen molar-refractivity contribution in [2.45, 2.75) is 80.3 Å². The molecule has 35 heavy (non-hydrogen) atoms. The normalized spacial score (nSPS) is 14.9. The Balaban J connectivity index is 0.000000422. The molecule has 2 N–H and O–H groups in total. The van der Waals surface area contributed by atoms with E-state index in [0.717, 1.165) is 40.5 Å². The number of nitrogens with zero attached hydrogens (tertiary/aromatic N) is 4. The summed E-state index contributed by atoms with van der Waals surface area (Å²) in [6.45, 7) is 14.4. The SMILES string of the molecule is C/C=C(\NC(C)=Nc1ccc(C)cn1)c1sc(C(C)O)nc1C.CCC.O=CN1CCCCC1=O. The van der Waals surface area contributed by atoms with Gasteiger partial charge >= 0.3 is 0 Å². The number of aliphatic hydroxyl groups is 1. The maximum atomic E-state index is 10.7. The number of piperidine rings is 1. The van der Waals surface area contributed by atoms with E-state index >= 15 is 0 Å². The predicted molar refractivity (Wildman–Crippen MR) is 144 cm³/mol. The van der Waals surface area contributed by atoms with Gasteiger partial charge < -0.3 is 10.4 Å². The molecule has 3 heterocycles. The van der Waals surface area contributed by atoms with Crippen LogP contribution in [0.4, 0.5) is 5.82 Å². The molecular formula is C26H39N5O3S. The molecular weight excluding hydrogens is 462 g/mol. The molecule has 0 saturated carbocycles. The van der Waals surface area contributed by atoms with Gasteiger partial charge in [0.2, 0.25) is 12.3 Å². The number of hydrogen-bond donors (Lipinski definition) is 2. The molecule has 2 amide bonds. The summed E-state index contributed by atoms with van der Waals surface area (Å²) in [7, 11) is 0. The Bertz CT molecular complexity index is 997. The molecule has 1 aliphatic heterocycles. The van der Waals surface area contributed by atoms with E-state index in [0.29, 0.717) is 30.2 Å². The molecule has 1 unspecified atom stereocenters. The van der Waals surface area contributed by atoms with E-state index in [9.17, 15) is 14.7 Å². The molecule has 2 aromatic rings. The molecule has 1 fully saturated rings. The van der Waals surface area contributed by atoms with Crippen LogP contribution in [-0.4, -0.2) is 44.7 Å². The number of likely N-dealkylation sites (tertiary alicyclic amines) is 1. The van der Waals surface area contributed by atoms with Crippen molar-refractivity contribution < 1.29 is 14.7 Å². The molecule has 1 saturated heterocycles. The molecule has 3 rings (SSSR count). The number of amides is 2. The number of aromatic nitrogens is 2. The number of allylic oxidation sites excluding steroid dienone is 1. The lowest BCUT2D eigenvalue weighted by Gasteiger charge is -2.19. The number of aliphatic imine (C=N–C) groups is 1. The quantitative estimate of drug-likeness (QED) is 0.319. The van der Waals surface area contributed by atoms with Crippen LogP contribution in [0.5, 0.6) is 0 Å². The third-order valence-corrected chi connectivity index (χ3v) is 6.05. The zero-order valence-electron chi connectivity index (χ0n) is 22.0. The first-order valence-electron chi connectivity index (χ1n) is 12.0. The fourth-order valence-corrected chi connectivity index (χ4v) is 4.00. The van der Waals surface area contributed by atoms with Gasteiger partial charge in [0.15, 0.2) is 5.82 Å². The van der Waals surface area contributed by atoms with Crippen LogP contribution in [0.15, 0.2) is 29.4 Å². The van der Waals surface area contributed by atoms with Crippen LogP contribution in [0, 0.1) is 13.8 Å². The fraction of sp³-hybridized carbons (Fsp3) is 0.500. The lowest BCUT2D eigenvalue weighted by atomic mass is 10.1. The topological polar surface area (TPSA) is 108 Å². The monoisotopic (exact) mass is 501 g/mol. The number of carbonyl (C=O) groups is 2. The van der Waals surface area contributed by atoms with Gasteiger partial charge in [-0.25, -0.2) is 15.0 Å². The van der Waals surface area contributed by atoms with E-state index < -0.39 is 6.10 Å². The molecule has 1 atom stereocenters. The van der Waals surface area contributed by atoms with Gasteiger partial charge in [0.05, 0.1) is 16.3 Å². The second-order valence-corrected chi connectivity index (χ2v) is 9.25. The van der Waals surface area contributed by atoms with Gasteiger partial charge in [-0.05, 0) is 59.1 Å². The summed E-state index contributed by atoms with van der Waals surface area (Å²) in [6.07, 6.45) is 7.52. The summed E-state index contributed by atoms with van der Waals surface area (Å²) in [4.78, 5) is 36.2. The molecule has 0 aliphatic carbocycles. The van der Waals surface area contributed by atoms with Crippen LogP contribution in [0.25, 0.3) is 5.70 Å². The first-order chi connectivity index (χ1) is 16.7. The van der Waals surface area contributed by atoms with Gasteiger partial charge in [0.1, 0.15) is 16.9 Å². The number of aliphatic hydroxyl groups excluding tert-OH is 1. The average molecular weight is 502 g/mol. The second-order valence-electron chi connectivity index (χ2n) is 8.22. The minimum Gasteiger partial charge on any atom is -0.386 e. The second kappa shape index (κ2) is 15.9. The van der Waals surface area contributed by atoms with Crippen molar-refractivity contribution in [2.75, 3.05) is 6.54 Å². The number of pyridine rings is 1.